The molecule has 5 rings (SSSR count). The van der Waals surface area contributed by atoms with Crippen LogP contribution in [0.25, 0.3) is 43.6 Å². The average Bonchev–Trinajstić information content (AvgIpc) is 2.62. The average molecular weight is 359 g/mol. The van der Waals surface area contributed by atoms with Gasteiger partial charge in [-0.05, 0) is 37.1 Å². The van der Waals surface area contributed by atoms with Gasteiger partial charge in [0.25, 0.3) is 5.56 Å². The van der Waals surface area contributed by atoms with Crippen molar-refractivity contribution in [3.63, 3.8) is 0 Å². The number of nitrogens with one attached hydrogen (secondary N) is 1. The molecule has 0 saturated heterocycles. The van der Waals surface area contributed by atoms with E-state index in [2.05, 4.69) is 4.98 Å². The van der Waals surface area contributed by atoms with Gasteiger partial charge in [0.05, 0.1) is 21.7 Å². The molecule has 5 aromatic rings. The monoisotopic (exact) mass is 359 g/mol. The van der Waals surface area contributed by atoms with Gasteiger partial charge in [-0.15, -0.1) is 0 Å². The standard InChI is InChI=1S/C21H13NO5/c1-9-8-14(23)26-13-7-10(2)18-17(15(9)13)19-16(20(24)22-18)11-5-3-4-6-12(11)21(25)27-19/h3-8H,1-2H3,(H,22,24). The molecule has 0 bridgehead atoms. The Morgan fingerprint density at radius 2 is 1.56 bits per heavy atom. The number of rotatable bonds is 0. The molecule has 6 heteroatoms. The van der Waals surface area contributed by atoms with Crippen LogP contribution in [-0.2, 0) is 0 Å². The van der Waals surface area contributed by atoms with Crippen molar-refractivity contribution < 1.29 is 8.83 Å². The van der Waals surface area contributed by atoms with Gasteiger partial charge in [-0.2, -0.15) is 0 Å². The highest BCUT2D eigenvalue weighted by Crippen LogP contribution is 2.34. The number of hydrogen-bond donors (Lipinski definition) is 1. The smallest absolute Gasteiger partial charge is 0.344 e. The fourth-order valence-corrected chi connectivity index (χ4v) is 3.81. The number of pyridine rings is 1. The molecule has 0 atom stereocenters. The Hall–Kier alpha value is -3.67. The first kappa shape index (κ1) is 15.6. The molecule has 3 heterocycles. The SMILES string of the molecule is Cc1cc2oc(=O)cc(C)c2c2c1[nH]c(=O)c1c3ccccc3c(=O)oc12. The van der Waals surface area contributed by atoms with Crippen molar-refractivity contribution in [3.8, 4) is 0 Å². The van der Waals surface area contributed by atoms with Crippen LogP contribution in [-0.4, -0.2) is 4.98 Å². The molecule has 0 radical (unpaired) electrons. The van der Waals surface area contributed by atoms with Crippen LogP contribution in [0.15, 0.2) is 59.6 Å². The lowest BCUT2D eigenvalue weighted by Gasteiger charge is -2.11. The Bertz CT molecular complexity index is 1600. The molecule has 0 unspecified atom stereocenters. The van der Waals surface area contributed by atoms with Crippen molar-refractivity contribution in [1.29, 1.82) is 0 Å². The number of aromatic nitrogens is 1. The highest BCUT2D eigenvalue weighted by atomic mass is 16.4. The summed E-state index contributed by atoms with van der Waals surface area (Å²) in [5, 5.41) is 2.36. The van der Waals surface area contributed by atoms with Crippen LogP contribution >= 0.6 is 0 Å². The summed E-state index contributed by atoms with van der Waals surface area (Å²) in [7, 11) is 0. The zero-order valence-electron chi connectivity index (χ0n) is 14.5. The number of aromatic amines is 1. The third-order valence-electron chi connectivity index (χ3n) is 4.96. The van der Waals surface area contributed by atoms with Crippen LogP contribution in [0, 0.1) is 13.8 Å². The van der Waals surface area contributed by atoms with Gasteiger partial charge in [0.1, 0.15) is 5.58 Å². The summed E-state index contributed by atoms with van der Waals surface area (Å²) in [5.74, 6) is 0. The molecule has 1 N–H and O–H groups in total. The van der Waals surface area contributed by atoms with E-state index >= 15 is 0 Å². The second-order valence-corrected chi connectivity index (χ2v) is 6.66. The molecule has 0 amide bonds. The first-order chi connectivity index (χ1) is 13.0. The molecule has 6 nitrogen and oxygen atoms in total. The van der Waals surface area contributed by atoms with Gasteiger partial charge in [0.15, 0.2) is 5.58 Å². The molecular formula is C21H13NO5. The summed E-state index contributed by atoms with van der Waals surface area (Å²) in [6.07, 6.45) is 0. The Balaban J connectivity index is 2.25. The lowest BCUT2D eigenvalue weighted by molar-refractivity contribution is 0.559. The van der Waals surface area contributed by atoms with E-state index in [1.165, 1.54) is 6.07 Å². The van der Waals surface area contributed by atoms with Gasteiger partial charge in [0.2, 0.25) is 0 Å². The van der Waals surface area contributed by atoms with Crippen molar-refractivity contribution in [3.05, 3.63) is 78.7 Å². The first-order valence-corrected chi connectivity index (χ1v) is 8.41. The molecular weight excluding hydrogens is 346 g/mol. The maximum absolute atomic E-state index is 12.9. The summed E-state index contributed by atoms with van der Waals surface area (Å²) in [5.41, 5.74) is 1.20. The van der Waals surface area contributed by atoms with Crippen molar-refractivity contribution >= 4 is 43.6 Å². The molecule has 0 spiro atoms. The summed E-state index contributed by atoms with van der Waals surface area (Å²) < 4.78 is 11.0. The fourth-order valence-electron chi connectivity index (χ4n) is 3.81. The lowest BCUT2D eigenvalue weighted by Crippen LogP contribution is -2.12. The molecule has 27 heavy (non-hydrogen) atoms. The number of benzene rings is 2. The van der Waals surface area contributed by atoms with Crippen molar-refractivity contribution in [1.82, 2.24) is 4.98 Å². The molecule has 0 aliphatic carbocycles. The second kappa shape index (κ2) is 5.17. The van der Waals surface area contributed by atoms with Gasteiger partial charge < -0.3 is 13.8 Å². The Morgan fingerprint density at radius 1 is 0.815 bits per heavy atom. The predicted octanol–water partition coefficient (Wildman–Crippen LogP) is 3.51. The van der Waals surface area contributed by atoms with E-state index in [0.717, 1.165) is 0 Å². The van der Waals surface area contributed by atoms with Crippen LogP contribution in [0.2, 0.25) is 0 Å². The van der Waals surface area contributed by atoms with Gasteiger partial charge in [-0.25, -0.2) is 9.59 Å². The Kier molecular flexibility index (Phi) is 2.98. The van der Waals surface area contributed by atoms with Gasteiger partial charge >= 0.3 is 11.3 Å². The van der Waals surface area contributed by atoms with Crippen LogP contribution < -0.4 is 16.8 Å². The number of H-pyrrole nitrogens is 1. The van der Waals surface area contributed by atoms with Crippen molar-refractivity contribution in [2.24, 2.45) is 0 Å². The quantitative estimate of drug-likeness (QED) is 0.337. The largest absolute Gasteiger partial charge is 0.423 e. The van der Waals surface area contributed by atoms with Crippen LogP contribution in [0.4, 0.5) is 0 Å². The molecule has 0 aliphatic heterocycles. The highest BCUT2D eigenvalue weighted by Gasteiger charge is 2.19. The Labute approximate surface area is 150 Å². The molecule has 0 fully saturated rings. The number of hydrogen-bond acceptors (Lipinski definition) is 5. The van der Waals surface area contributed by atoms with E-state index < -0.39 is 11.3 Å². The fraction of sp³-hybridized carbons (Fsp3) is 0.0952. The number of fused-ring (bicyclic) bond motifs is 7. The predicted molar refractivity (Wildman–Crippen MR) is 104 cm³/mol. The minimum absolute atomic E-state index is 0.197. The maximum atomic E-state index is 12.9. The van der Waals surface area contributed by atoms with Crippen molar-refractivity contribution in [2.75, 3.05) is 0 Å². The normalized spacial score (nSPS) is 11.8. The second-order valence-electron chi connectivity index (χ2n) is 6.66. The summed E-state index contributed by atoms with van der Waals surface area (Å²) >= 11 is 0. The van der Waals surface area contributed by atoms with E-state index in [1.54, 1.807) is 44.2 Å². The lowest BCUT2D eigenvalue weighted by atomic mass is 9.99. The van der Waals surface area contributed by atoms with Gasteiger partial charge in [0, 0.05) is 16.8 Å². The minimum Gasteiger partial charge on any atom is -0.423 e. The summed E-state index contributed by atoms with van der Waals surface area (Å²) in [6, 6.07) is 9.92. The Morgan fingerprint density at radius 3 is 2.33 bits per heavy atom. The molecule has 2 aromatic carbocycles. The zero-order chi connectivity index (χ0) is 18.9. The van der Waals surface area contributed by atoms with Crippen LogP contribution in [0.3, 0.4) is 0 Å². The third kappa shape index (κ3) is 2.04. The summed E-state index contributed by atoms with van der Waals surface area (Å²) in [4.78, 5) is 40.1. The molecule has 132 valence electrons. The first-order valence-electron chi connectivity index (χ1n) is 8.41. The van der Waals surface area contributed by atoms with Crippen LogP contribution in [0.5, 0.6) is 0 Å². The van der Waals surface area contributed by atoms with Crippen LogP contribution in [0.1, 0.15) is 11.1 Å². The summed E-state index contributed by atoms with van der Waals surface area (Å²) in [6.45, 7) is 3.58. The van der Waals surface area contributed by atoms with Gasteiger partial charge in [-0.1, -0.05) is 18.2 Å². The minimum atomic E-state index is -0.519. The molecule has 0 saturated carbocycles. The van der Waals surface area contributed by atoms with E-state index in [1.807, 2.05) is 0 Å². The third-order valence-corrected chi connectivity index (χ3v) is 4.96. The zero-order valence-corrected chi connectivity index (χ0v) is 14.5. The van der Waals surface area contributed by atoms with E-state index in [9.17, 15) is 14.4 Å². The maximum Gasteiger partial charge on any atom is 0.344 e. The number of aryl methyl sites for hydroxylation is 2. The van der Waals surface area contributed by atoms with Crippen molar-refractivity contribution in [2.45, 2.75) is 13.8 Å². The highest BCUT2D eigenvalue weighted by molar-refractivity contribution is 6.21. The van der Waals surface area contributed by atoms with E-state index in [4.69, 9.17) is 8.83 Å². The van der Waals surface area contributed by atoms with E-state index in [0.29, 0.717) is 49.2 Å². The van der Waals surface area contributed by atoms with Gasteiger partial charge in [-0.3, -0.25) is 4.79 Å². The van der Waals surface area contributed by atoms with E-state index in [-0.39, 0.29) is 11.1 Å². The topological polar surface area (TPSA) is 93.3 Å². The molecule has 3 aromatic heterocycles. The molecule has 0 aliphatic rings.